The smallest absolute Gasteiger partial charge is 0.303 e. The molecule has 2 saturated carbocycles. The fourth-order valence-corrected chi connectivity index (χ4v) is 6.63. The molecule has 0 saturated heterocycles. The first-order valence-corrected chi connectivity index (χ1v) is 11.6. The summed E-state index contributed by atoms with van der Waals surface area (Å²) in [5.41, 5.74) is 0.527. The third-order valence-corrected chi connectivity index (χ3v) is 8.92. The van der Waals surface area contributed by atoms with Crippen LogP contribution in [0.2, 0.25) is 0 Å². The summed E-state index contributed by atoms with van der Waals surface area (Å²) >= 11 is 0. The highest BCUT2D eigenvalue weighted by molar-refractivity contribution is 5.66. The van der Waals surface area contributed by atoms with E-state index in [2.05, 4.69) is 27.7 Å². The highest BCUT2D eigenvalue weighted by atomic mass is 16.4. The van der Waals surface area contributed by atoms with Crippen LogP contribution in [0.3, 0.4) is 0 Å². The van der Waals surface area contributed by atoms with Crippen molar-refractivity contribution < 1.29 is 20.1 Å². The molecule has 0 aromatic heterocycles. The minimum atomic E-state index is -0.679. The summed E-state index contributed by atoms with van der Waals surface area (Å²) in [4.78, 5) is 11.0. The standard InChI is InChI=1S/C24H44O4/c1-17(6-9-22(27)28)21-8-7-18(2)24(21,4)13-5-12-23(3)14-10-20(26)16-19(23)11-15-25/h17-21,25-26H,5-16H2,1-4H3,(H,27,28). The number of aliphatic carboxylic acids is 1. The monoisotopic (exact) mass is 396 g/mol. The zero-order chi connectivity index (χ0) is 20.9. The number of rotatable bonds is 10. The molecular weight excluding hydrogens is 352 g/mol. The van der Waals surface area contributed by atoms with Crippen LogP contribution in [0.15, 0.2) is 0 Å². The first kappa shape index (κ1) is 23.7. The molecule has 2 fully saturated rings. The molecular formula is C24H44O4. The number of carboxylic acid groups (broad SMARTS) is 1. The van der Waals surface area contributed by atoms with Crippen LogP contribution in [0.4, 0.5) is 0 Å². The second-order valence-electron chi connectivity index (χ2n) is 10.6. The van der Waals surface area contributed by atoms with Crippen molar-refractivity contribution in [1.82, 2.24) is 0 Å². The van der Waals surface area contributed by atoms with E-state index < -0.39 is 5.97 Å². The van der Waals surface area contributed by atoms with Gasteiger partial charge in [-0.3, -0.25) is 4.79 Å². The van der Waals surface area contributed by atoms with E-state index in [0.717, 1.165) is 32.1 Å². The van der Waals surface area contributed by atoms with Crippen molar-refractivity contribution >= 4 is 5.97 Å². The van der Waals surface area contributed by atoms with E-state index in [9.17, 15) is 15.0 Å². The molecule has 0 amide bonds. The van der Waals surface area contributed by atoms with Gasteiger partial charge in [-0.15, -0.1) is 0 Å². The summed E-state index contributed by atoms with van der Waals surface area (Å²) in [6.45, 7) is 9.67. The van der Waals surface area contributed by atoms with Crippen LogP contribution >= 0.6 is 0 Å². The summed E-state index contributed by atoms with van der Waals surface area (Å²) in [6, 6.07) is 0. The Morgan fingerprint density at radius 3 is 2.54 bits per heavy atom. The lowest BCUT2D eigenvalue weighted by molar-refractivity contribution is -0.137. The molecule has 4 nitrogen and oxygen atoms in total. The van der Waals surface area contributed by atoms with Crippen LogP contribution in [0.5, 0.6) is 0 Å². The van der Waals surface area contributed by atoms with Crippen molar-refractivity contribution in [3.05, 3.63) is 0 Å². The van der Waals surface area contributed by atoms with Gasteiger partial charge in [0.05, 0.1) is 6.10 Å². The Bertz CT molecular complexity index is 507. The van der Waals surface area contributed by atoms with Gasteiger partial charge in [-0.25, -0.2) is 0 Å². The lowest BCUT2D eigenvalue weighted by atomic mass is 9.61. The Morgan fingerprint density at radius 2 is 1.89 bits per heavy atom. The molecule has 0 aromatic carbocycles. The maximum Gasteiger partial charge on any atom is 0.303 e. The highest BCUT2D eigenvalue weighted by Gasteiger charge is 2.46. The number of carbonyl (C=O) groups is 1. The van der Waals surface area contributed by atoms with E-state index in [1.165, 1.54) is 32.1 Å². The zero-order valence-corrected chi connectivity index (χ0v) is 18.6. The molecule has 0 spiro atoms. The lowest BCUT2D eigenvalue weighted by Crippen LogP contribution is -2.37. The summed E-state index contributed by atoms with van der Waals surface area (Å²) < 4.78 is 0. The summed E-state index contributed by atoms with van der Waals surface area (Å²) in [5.74, 6) is 1.52. The number of hydrogen-bond acceptors (Lipinski definition) is 3. The van der Waals surface area contributed by atoms with Crippen LogP contribution in [0.1, 0.15) is 98.3 Å². The largest absolute Gasteiger partial charge is 0.481 e. The molecule has 7 atom stereocenters. The molecule has 0 aliphatic heterocycles. The Morgan fingerprint density at radius 1 is 1.18 bits per heavy atom. The fraction of sp³-hybridized carbons (Fsp3) is 0.958. The second kappa shape index (κ2) is 9.93. The Kier molecular flexibility index (Phi) is 8.39. The first-order valence-electron chi connectivity index (χ1n) is 11.6. The molecule has 0 radical (unpaired) electrons. The average Bonchev–Trinajstić information content (AvgIpc) is 2.92. The van der Waals surface area contributed by atoms with Gasteiger partial charge in [-0.2, -0.15) is 0 Å². The average molecular weight is 397 g/mol. The third-order valence-electron chi connectivity index (χ3n) is 8.92. The van der Waals surface area contributed by atoms with Gasteiger partial charge >= 0.3 is 5.97 Å². The van der Waals surface area contributed by atoms with Crippen molar-refractivity contribution in [2.45, 2.75) is 104 Å². The van der Waals surface area contributed by atoms with Gasteiger partial charge in [0.1, 0.15) is 0 Å². The molecule has 164 valence electrons. The summed E-state index contributed by atoms with van der Waals surface area (Å²) in [7, 11) is 0. The van der Waals surface area contributed by atoms with Gasteiger partial charge in [0.2, 0.25) is 0 Å². The molecule has 2 aliphatic rings. The maximum absolute atomic E-state index is 11.0. The van der Waals surface area contributed by atoms with Crippen LogP contribution in [-0.4, -0.2) is 34.0 Å². The topological polar surface area (TPSA) is 77.8 Å². The van der Waals surface area contributed by atoms with Crippen molar-refractivity contribution in [3.63, 3.8) is 0 Å². The number of carboxylic acids is 1. The molecule has 2 aliphatic carbocycles. The quantitative estimate of drug-likeness (QED) is 0.471. The van der Waals surface area contributed by atoms with Gasteiger partial charge in [0, 0.05) is 13.0 Å². The SMILES string of the molecule is CC(CCC(=O)O)C1CCC(C)C1(C)CCCC1(C)CCC(O)CC1CCO. The van der Waals surface area contributed by atoms with Crippen molar-refractivity contribution in [3.8, 4) is 0 Å². The van der Waals surface area contributed by atoms with Gasteiger partial charge in [-0.05, 0) is 92.3 Å². The van der Waals surface area contributed by atoms with Crippen LogP contribution in [0, 0.1) is 34.5 Å². The Labute approximate surface area is 172 Å². The normalized spacial score (nSPS) is 39.8. The van der Waals surface area contributed by atoms with E-state index in [4.69, 9.17) is 5.11 Å². The lowest BCUT2D eigenvalue weighted by Gasteiger charge is -2.45. The van der Waals surface area contributed by atoms with E-state index in [0.29, 0.717) is 29.1 Å². The van der Waals surface area contributed by atoms with E-state index >= 15 is 0 Å². The van der Waals surface area contributed by atoms with Gasteiger partial charge in [0.25, 0.3) is 0 Å². The van der Waals surface area contributed by atoms with Crippen LogP contribution in [0.25, 0.3) is 0 Å². The van der Waals surface area contributed by atoms with E-state index in [1.807, 2.05) is 0 Å². The van der Waals surface area contributed by atoms with Gasteiger partial charge in [-0.1, -0.05) is 34.1 Å². The number of aliphatic hydroxyl groups excluding tert-OH is 2. The van der Waals surface area contributed by atoms with Crippen molar-refractivity contribution in [2.24, 2.45) is 34.5 Å². The third kappa shape index (κ3) is 5.50. The number of aliphatic hydroxyl groups is 2. The van der Waals surface area contributed by atoms with Gasteiger partial charge in [0.15, 0.2) is 0 Å². The summed E-state index contributed by atoms with van der Waals surface area (Å²) in [5, 5.41) is 28.6. The molecule has 4 heteroatoms. The molecule has 3 N–H and O–H groups in total. The first-order chi connectivity index (χ1) is 13.1. The van der Waals surface area contributed by atoms with Crippen molar-refractivity contribution in [2.75, 3.05) is 6.61 Å². The van der Waals surface area contributed by atoms with Crippen LogP contribution in [-0.2, 0) is 4.79 Å². The predicted octanol–water partition coefficient (Wildman–Crippen LogP) is 5.26. The fourth-order valence-electron chi connectivity index (χ4n) is 6.63. The molecule has 0 bridgehead atoms. The Hall–Kier alpha value is -0.610. The number of hydrogen-bond donors (Lipinski definition) is 3. The van der Waals surface area contributed by atoms with Crippen molar-refractivity contribution in [1.29, 1.82) is 0 Å². The van der Waals surface area contributed by atoms with Crippen LogP contribution < -0.4 is 0 Å². The maximum atomic E-state index is 11.0. The van der Waals surface area contributed by atoms with E-state index in [-0.39, 0.29) is 24.5 Å². The molecule has 2 rings (SSSR count). The highest BCUT2D eigenvalue weighted by Crippen LogP contribution is 2.55. The molecule has 7 unspecified atom stereocenters. The minimum Gasteiger partial charge on any atom is -0.481 e. The predicted molar refractivity (Wildman–Crippen MR) is 113 cm³/mol. The Balaban J connectivity index is 1.97. The molecule has 0 aromatic rings. The molecule has 0 heterocycles. The van der Waals surface area contributed by atoms with E-state index in [1.54, 1.807) is 0 Å². The zero-order valence-electron chi connectivity index (χ0n) is 18.6. The second-order valence-corrected chi connectivity index (χ2v) is 10.6. The molecule has 28 heavy (non-hydrogen) atoms. The minimum absolute atomic E-state index is 0.198. The van der Waals surface area contributed by atoms with Gasteiger partial charge < -0.3 is 15.3 Å². The summed E-state index contributed by atoms with van der Waals surface area (Å²) in [6.07, 6.45) is 10.5.